The molecule has 0 saturated heterocycles. The zero-order chi connectivity index (χ0) is 16.7. The highest BCUT2D eigenvalue weighted by atomic mass is 14.5. The van der Waals surface area contributed by atoms with E-state index in [-0.39, 0.29) is 0 Å². The molecule has 0 aliphatic carbocycles. The maximum absolute atomic E-state index is 5.48. The van der Waals surface area contributed by atoms with E-state index in [2.05, 4.69) is 13.5 Å². The van der Waals surface area contributed by atoms with Gasteiger partial charge in [0.25, 0.3) is 0 Å². The lowest BCUT2D eigenvalue weighted by Gasteiger charge is -2.03. The molecule has 0 aliphatic heterocycles. The molecule has 0 heterocycles. The molecule has 0 rings (SSSR count). The minimum Gasteiger partial charge on any atom is -0.330 e. The maximum Gasteiger partial charge on any atom is -0.00773 e. The maximum atomic E-state index is 5.48. The van der Waals surface area contributed by atoms with Crippen LogP contribution in [0.1, 0.15) is 117 Å². The number of hydrogen-bond donors (Lipinski definition) is 1. The van der Waals surface area contributed by atoms with Crippen LogP contribution in [-0.4, -0.2) is 6.54 Å². The van der Waals surface area contributed by atoms with Crippen molar-refractivity contribution in [1.82, 2.24) is 0 Å². The van der Waals surface area contributed by atoms with Crippen molar-refractivity contribution >= 4 is 0 Å². The molecule has 1 nitrogen and oxygen atoms in total. The van der Waals surface area contributed by atoms with Crippen molar-refractivity contribution in [3.8, 4) is 0 Å². The van der Waals surface area contributed by atoms with Crippen LogP contribution in [0.2, 0.25) is 0 Å². The summed E-state index contributed by atoms with van der Waals surface area (Å²) in [5, 5.41) is 0. The Labute approximate surface area is 142 Å². The molecule has 2 N–H and O–H groups in total. The van der Waals surface area contributed by atoms with Crippen LogP contribution in [0.25, 0.3) is 0 Å². The van der Waals surface area contributed by atoms with Gasteiger partial charge in [-0.3, -0.25) is 0 Å². The second-order valence-corrected chi connectivity index (χ2v) is 6.50. The summed E-state index contributed by atoms with van der Waals surface area (Å²) in [6, 6.07) is 0. The van der Waals surface area contributed by atoms with E-state index in [1.165, 1.54) is 103 Å². The van der Waals surface area contributed by atoms with Gasteiger partial charge in [-0.15, -0.1) is 6.58 Å². The first-order valence-corrected chi connectivity index (χ1v) is 10.1. The minimum absolute atomic E-state index is 0.873. The van der Waals surface area contributed by atoms with E-state index in [1.54, 1.807) is 6.08 Å². The van der Waals surface area contributed by atoms with Crippen LogP contribution in [-0.2, 0) is 0 Å². The van der Waals surface area contributed by atoms with Crippen molar-refractivity contribution in [3.05, 3.63) is 12.7 Å². The van der Waals surface area contributed by atoms with E-state index in [4.69, 9.17) is 5.73 Å². The number of unbranched alkanes of at least 4 members (excludes halogenated alkanes) is 15. The second kappa shape index (κ2) is 25.6. The molecule has 0 amide bonds. The Morgan fingerprint density at radius 2 is 0.818 bits per heavy atom. The molecular formula is C21H45N. The fourth-order valence-electron chi connectivity index (χ4n) is 2.69. The molecule has 1 heteroatoms. The fraction of sp³-hybridized carbons (Fsp3) is 0.905. The molecule has 0 aromatic heterocycles. The van der Waals surface area contributed by atoms with E-state index >= 15 is 0 Å². The minimum atomic E-state index is 0.873. The summed E-state index contributed by atoms with van der Waals surface area (Å²) in [5.41, 5.74) is 5.48. The quantitative estimate of drug-likeness (QED) is 0.233. The van der Waals surface area contributed by atoms with Gasteiger partial charge in [-0.25, -0.2) is 0 Å². The second-order valence-electron chi connectivity index (χ2n) is 6.50. The van der Waals surface area contributed by atoms with Crippen LogP contribution in [0.5, 0.6) is 0 Å². The lowest BCUT2D eigenvalue weighted by atomic mass is 10.0. The van der Waals surface area contributed by atoms with Gasteiger partial charge in [-0.1, -0.05) is 109 Å². The Kier molecular flexibility index (Phi) is 27.9. The van der Waals surface area contributed by atoms with Crippen LogP contribution in [0.3, 0.4) is 0 Å². The average Bonchev–Trinajstić information content (AvgIpc) is 2.52. The summed E-state index contributed by atoms with van der Waals surface area (Å²) in [4.78, 5) is 0. The van der Waals surface area contributed by atoms with E-state index in [9.17, 15) is 0 Å². The Morgan fingerprint density at radius 3 is 1.05 bits per heavy atom. The molecule has 0 saturated carbocycles. The zero-order valence-corrected chi connectivity index (χ0v) is 15.9. The van der Waals surface area contributed by atoms with Crippen LogP contribution in [0.15, 0.2) is 12.7 Å². The molecule has 0 aliphatic rings. The van der Waals surface area contributed by atoms with Crippen LogP contribution in [0, 0.1) is 0 Å². The highest BCUT2D eigenvalue weighted by molar-refractivity contribution is 4.51. The Morgan fingerprint density at radius 1 is 0.591 bits per heavy atom. The van der Waals surface area contributed by atoms with Gasteiger partial charge < -0.3 is 5.73 Å². The third kappa shape index (κ3) is 27.9. The molecule has 0 aromatic carbocycles. The van der Waals surface area contributed by atoms with Crippen LogP contribution < -0.4 is 5.73 Å². The Bertz CT molecular complexity index is 161. The molecule has 22 heavy (non-hydrogen) atoms. The van der Waals surface area contributed by atoms with E-state index < -0.39 is 0 Å². The average molecular weight is 312 g/mol. The zero-order valence-electron chi connectivity index (χ0n) is 15.9. The molecule has 0 spiro atoms. The number of allylic oxidation sites excluding steroid dienone is 1. The van der Waals surface area contributed by atoms with Crippen molar-refractivity contribution in [3.63, 3.8) is 0 Å². The van der Waals surface area contributed by atoms with Crippen molar-refractivity contribution in [2.75, 3.05) is 6.54 Å². The van der Waals surface area contributed by atoms with Gasteiger partial charge in [-0.2, -0.15) is 0 Å². The third-order valence-corrected chi connectivity index (χ3v) is 4.06. The number of nitrogens with two attached hydrogens (primary N) is 1. The van der Waals surface area contributed by atoms with E-state index in [0.717, 1.165) is 6.54 Å². The standard InChI is InChI=1S/C18H39N.C3H6/c1-2-3-4-5-6-7-8-9-10-11-12-13-14-15-16-17-18-19;1-3-2/h2-19H2,1H3;3H,1H2,2H3. The summed E-state index contributed by atoms with van der Waals surface area (Å²) in [7, 11) is 0. The SMILES string of the molecule is C=CC.CCCCCCCCCCCCCCCCCCN. The highest BCUT2D eigenvalue weighted by Gasteiger charge is 1.94. The van der Waals surface area contributed by atoms with Crippen molar-refractivity contribution in [1.29, 1.82) is 0 Å². The summed E-state index contributed by atoms with van der Waals surface area (Å²) in [5.74, 6) is 0. The van der Waals surface area contributed by atoms with Crippen molar-refractivity contribution < 1.29 is 0 Å². The molecular weight excluding hydrogens is 266 g/mol. The van der Waals surface area contributed by atoms with E-state index in [1.807, 2.05) is 6.92 Å². The number of rotatable bonds is 16. The van der Waals surface area contributed by atoms with Crippen molar-refractivity contribution in [2.24, 2.45) is 5.73 Å². The van der Waals surface area contributed by atoms with Gasteiger partial charge in [0.05, 0.1) is 0 Å². The lowest BCUT2D eigenvalue weighted by molar-refractivity contribution is 0.530. The smallest absolute Gasteiger partial charge is 0.00773 e. The van der Waals surface area contributed by atoms with Crippen LogP contribution in [0.4, 0.5) is 0 Å². The first kappa shape index (κ1) is 24.0. The predicted molar refractivity (Wildman–Crippen MR) is 104 cm³/mol. The molecule has 0 atom stereocenters. The first-order valence-electron chi connectivity index (χ1n) is 10.1. The largest absolute Gasteiger partial charge is 0.330 e. The van der Waals surface area contributed by atoms with Crippen molar-refractivity contribution in [2.45, 2.75) is 117 Å². The van der Waals surface area contributed by atoms with Gasteiger partial charge in [0.15, 0.2) is 0 Å². The molecule has 0 bridgehead atoms. The molecule has 0 unspecified atom stereocenters. The Balaban J connectivity index is 0. The summed E-state index contributed by atoms with van der Waals surface area (Å²) in [6.07, 6.45) is 24.6. The molecule has 134 valence electrons. The van der Waals surface area contributed by atoms with Gasteiger partial charge in [-0.05, 0) is 19.9 Å². The molecule has 0 fully saturated rings. The summed E-state index contributed by atoms with van der Waals surface area (Å²) < 4.78 is 0. The fourth-order valence-corrected chi connectivity index (χ4v) is 2.69. The first-order chi connectivity index (χ1) is 10.8. The molecule has 0 radical (unpaired) electrons. The van der Waals surface area contributed by atoms with Gasteiger partial charge in [0.2, 0.25) is 0 Å². The van der Waals surface area contributed by atoms with E-state index in [0.29, 0.717) is 0 Å². The Hall–Kier alpha value is -0.300. The predicted octanol–water partition coefficient (Wildman–Crippen LogP) is 7.40. The van der Waals surface area contributed by atoms with Gasteiger partial charge in [0.1, 0.15) is 0 Å². The number of hydrogen-bond acceptors (Lipinski definition) is 1. The van der Waals surface area contributed by atoms with Gasteiger partial charge in [0, 0.05) is 0 Å². The monoisotopic (exact) mass is 311 g/mol. The topological polar surface area (TPSA) is 26.0 Å². The van der Waals surface area contributed by atoms with Gasteiger partial charge >= 0.3 is 0 Å². The molecule has 0 aromatic rings. The highest BCUT2D eigenvalue weighted by Crippen LogP contribution is 2.13. The summed E-state index contributed by atoms with van der Waals surface area (Å²) >= 11 is 0. The van der Waals surface area contributed by atoms with Crippen LogP contribution >= 0.6 is 0 Å². The lowest BCUT2D eigenvalue weighted by Crippen LogP contribution is -1.97. The third-order valence-electron chi connectivity index (χ3n) is 4.06. The normalized spacial score (nSPS) is 10.1. The summed E-state index contributed by atoms with van der Waals surface area (Å²) in [6.45, 7) is 8.41.